The van der Waals surface area contributed by atoms with Crippen molar-refractivity contribution in [1.29, 1.82) is 0 Å². The molecule has 0 aliphatic heterocycles. The molecule has 0 bridgehead atoms. The third kappa shape index (κ3) is 3.03. The van der Waals surface area contributed by atoms with Crippen molar-refractivity contribution in [3.05, 3.63) is 57.7 Å². The Bertz CT molecular complexity index is 737. The molecule has 0 aliphatic carbocycles. The minimum absolute atomic E-state index is 0.852. The minimum Gasteiger partial charge on any atom is -0.396 e. The third-order valence-electron chi connectivity index (χ3n) is 3.68. The second-order valence-electron chi connectivity index (χ2n) is 5.17. The molecule has 2 nitrogen and oxygen atoms in total. The Morgan fingerprint density at radius 3 is 0.846 bits per heavy atom. The SMILES string of the molecule is OCCc1c(F)c(F)c(-c2c(F)c(F)c(CCO)c(F)c2F)c(F)c1F. The molecule has 10 heteroatoms. The maximum absolute atomic E-state index is 14.1. The zero-order valence-corrected chi connectivity index (χ0v) is 12.7. The normalized spacial score (nSPS) is 11.3. The maximum atomic E-state index is 14.1. The van der Waals surface area contributed by atoms with E-state index in [0.29, 0.717) is 0 Å². The fourth-order valence-electron chi connectivity index (χ4n) is 2.46. The van der Waals surface area contributed by atoms with E-state index in [4.69, 9.17) is 10.2 Å². The summed E-state index contributed by atoms with van der Waals surface area (Å²) in [6.07, 6.45) is -1.70. The number of aliphatic hydroxyl groups excluding tert-OH is 2. The summed E-state index contributed by atoms with van der Waals surface area (Å²) in [7, 11) is 0. The van der Waals surface area contributed by atoms with Crippen LogP contribution < -0.4 is 0 Å². The van der Waals surface area contributed by atoms with Crippen molar-refractivity contribution in [2.24, 2.45) is 0 Å². The Hall–Kier alpha value is -2.20. The van der Waals surface area contributed by atoms with Crippen LogP contribution in [0, 0.1) is 46.5 Å². The standard InChI is InChI=1S/C16H10F8O2/c17-9-5(1-3-25)10(18)14(22)7(13(9)21)8-15(23)11(19)6(2-4-26)12(20)16(8)24/h25-26H,1-4H2. The summed E-state index contributed by atoms with van der Waals surface area (Å²) >= 11 is 0. The lowest BCUT2D eigenvalue weighted by atomic mass is 9.96. The van der Waals surface area contributed by atoms with Crippen molar-refractivity contribution in [2.45, 2.75) is 12.8 Å². The topological polar surface area (TPSA) is 40.5 Å². The highest BCUT2D eigenvalue weighted by Crippen LogP contribution is 2.38. The molecule has 2 aromatic carbocycles. The van der Waals surface area contributed by atoms with Crippen LogP contribution in [0.1, 0.15) is 11.1 Å². The van der Waals surface area contributed by atoms with Gasteiger partial charge in [0.2, 0.25) is 0 Å². The van der Waals surface area contributed by atoms with Crippen LogP contribution in [0.25, 0.3) is 11.1 Å². The van der Waals surface area contributed by atoms with Crippen molar-refractivity contribution < 1.29 is 45.3 Å². The number of benzene rings is 2. The maximum Gasteiger partial charge on any atom is 0.170 e. The van der Waals surface area contributed by atoms with Gasteiger partial charge >= 0.3 is 0 Å². The summed E-state index contributed by atoms with van der Waals surface area (Å²) in [6, 6.07) is 0. The Labute approximate surface area is 141 Å². The van der Waals surface area contributed by atoms with E-state index in [1.807, 2.05) is 0 Å². The van der Waals surface area contributed by atoms with Crippen molar-refractivity contribution in [3.63, 3.8) is 0 Å². The quantitative estimate of drug-likeness (QED) is 0.610. The summed E-state index contributed by atoms with van der Waals surface area (Å²) in [5, 5.41) is 17.3. The molecule has 2 aromatic rings. The first-order chi connectivity index (χ1) is 12.2. The lowest BCUT2D eigenvalue weighted by Crippen LogP contribution is -2.12. The molecule has 142 valence electrons. The zero-order chi connectivity index (χ0) is 19.8. The zero-order valence-electron chi connectivity index (χ0n) is 12.7. The number of rotatable bonds is 5. The van der Waals surface area contributed by atoms with Gasteiger partial charge in [-0.15, -0.1) is 0 Å². The third-order valence-corrected chi connectivity index (χ3v) is 3.68. The van der Waals surface area contributed by atoms with Crippen LogP contribution in [-0.2, 0) is 12.8 Å². The monoisotopic (exact) mass is 386 g/mol. The van der Waals surface area contributed by atoms with Gasteiger partial charge < -0.3 is 10.2 Å². The van der Waals surface area contributed by atoms with E-state index in [1.165, 1.54) is 0 Å². The van der Waals surface area contributed by atoms with Gasteiger partial charge in [-0.3, -0.25) is 0 Å². The van der Waals surface area contributed by atoms with Crippen LogP contribution in [0.3, 0.4) is 0 Å². The fourth-order valence-corrected chi connectivity index (χ4v) is 2.46. The number of hydrogen-bond acceptors (Lipinski definition) is 2. The predicted molar refractivity (Wildman–Crippen MR) is 73.1 cm³/mol. The van der Waals surface area contributed by atoms with E-state index in [-0.39, 0.29) is 0 Å². The molecular formula is C16H10F8O2. The molecule has 2 rings (SSSR count). The molecule has 0 amide bonds. The molecule has 0 spiro atoms. The van der Waals surface area contributed by atoms with E-state index < -0.39 is 94.8 Å². The van der Waals surface area contributed by atoms with Gasteiger partial charge in [0.05, 0.1) is 11.1 Å². The Morgan fingerprint density at radius 2 is 0.654 bits per heavy atom. The minimum atomic E-state index is -2.28. The highest BCUT2D eigenvalue weighted by molar-refractivity contribution is 5.68. The summed E-state index contributed by atoms with van der Waals surface area (Å²) in [4.78, 5) is 0. The van der Waals surface area contributed by atoms with Crippen molar-refractivity contribution in [2.75, 3.05) is 13.2 Å². The van der Waals surface area contributed by atoms with E-state index >= 15 is 0 Å². The fraction of sp³-hybridized carbons (Fsp3) is 0.250. The predicted octanol–water partition coefficient (Wildman–Crippen LogP) is 3.54. The van der Waals surface area contributed by atoms with Gasteiger partial charge in [-0.05, 0) is 0 Å². The van der Waals surface area contributed by atoms with Gasteiger partial charge in [-0.2, -0.15) is 0 Å². The lowest BCUT2D eigenvalue weighted by Gasteiger charge is -2.15. The summed E-state index contributed by atoms with van der Waals surface area (Å²) in [5.41, 5.74) is -6.40. The highest BCUT2D eigenvalue weighted by atomic mass is 19.2. The number of halogens is 8. The Kier molecular flexibility index (Phi) is 5.87. The van der Waals surface area contributed by atoms with Crippen LogP contribution in [-0.4, -0.2) is 23.4 Å². The van der Waals surface area contributed by atoms with Gasteiger partial charge in [0.1, 0.15) is 0 Å². The molecule has 0 fully saturated rings. The number of aliphatic hydroxyl groups is 2. The van der Waals surface area contributed by atoms with E-state index in [1.54, 1.807) is 0 Å². The molecule has 26 heavy (non-hydrogen) atoms. The van der Waals surface area contributed by atoms with Crippen molar-refractivity contribution >= 4 is 0 Å². The van der Waals surface area contributed by atoms with Crippen LogP contribution in [0.2, 0.25) is 0 Å². The van der Waals surface area contributed by atoms with Crippen LogP contribution in [0.15, 0.2) is 0 Å². The van der Waals surface area contributed by atoms with Crippen LogP contribution in [0.4, 0.5) is 35.1 Å². The highest BCUT2D eigenvalue weighted by Gasteiger charge is 2.33. The van der Waals surface area contributed by atoms with Gasteiger partial charge in [-0.25, -0.2) is 35.1 Å². The molecule has 0 unspecified atom stereocenters. The van der Waals surface area contributed by atoms with Crippen LogP contribution >= 0.6 is 0 Å². The van der Waals surface area contributed by atoms with Crippen LogP contribution in [0.5, 0.6) is 0 Å². The molecule has 2 N–H and O–H groups in total. The smallest absolute Gasteiger partial charge is 0.170 e. The molecule has 0 saturated carbocycles. The Balaban J connectivity index is 2.90. The molecule has 0 aliphatic rings. The molecular weight excluding hydrogens is 376 g/mol. The van der Waals surface area contributed by atoms with E-state index in [0.717, 1.165) is 0 Å². The first kappa shape index (κ1) is 20.1. The Morgan fingerprint density at radius 1 is 0.423 bits per heavy atom. The number of hydrogen-bond donors (Lipinski definition) is 2. The molecule has 0 atom stereocenters. The second kappa shape index (κ2) is 7.58. The van der Waals surface area contributed by atoms with Crippen molar-refractivity contribution in [1.82, 2.24) is 0 Å². The average molecular weight is 386 g/mol. The largest absolute Gasteiger partial charge is 0.396 e. The lowest BCUT2D eigenvalue weighted by molar-refractivity contribution is 0.292. The summed E-state index contributed by atoms with van der Waals surface area (Å²) < 4.78 is 112. The molecule has 0 heterocycles. The van der Waals surface area contributed by atoms with E-state index in [2.05, 4.69) is 0 Å². The molecule has 0 radical (unpaired) electrons. The average Bonchev–Trinajstić information content (AvgIpc) is 2.62. The van der Waals surface area contributed by atoms with Gasteiger partial charge in [0, 0.05) is 37.2 Å². The van der Waals surface area contributed by atoms with Crippen molar-refractivity contribution in [3.8, 4) is 11.1 Å². The van der Waals surface area contributed by atoms with Gasteiger partial charge in [0.15, 0.2) is 46.5 Å². The summed E-state index contributed by atoms with van der Waals surface area (Å²) in [6.45, 7) is -1.79. The molecule has 0 saturated heterocycles. The second-order valence-corrected chi connectivity index (χ2v) is 5.17. The first-order valence-corrected chi connectivity index (χ1v) is 7.10. The van der Waals surface area contributed by atoms with Gasteiger partial charge in [0.25, 0.3) is 0 Å². The summed E-state index contributed by atoms with van der Waals surface area (Å²) in [5.74, 6) is -17.4. The molecule has 0 aromatic heterocycles. The first-order valence-electron chi connectivity index (χ1n) is 7.10. The van der Waals surface area contributed by atoms with Gasteiger partial charge in [-0.1, -0.05) is 0 Å². The van der Waals surface area contributed by atoms with E-state index in [9.17, 15) is 35.1 Å².